The second-order valence-electron chi connectivity index (χ2n) is 10.1. The maximum Gasteiger partial charge on any atom is 0.217 e. The molecule has 0 radical (unpaired) electrons. The molecule has 8 heteroatoms. The van der Waals surface area contributed by atoms with Gasteiger partial charge in [0.1, 0.15) is 5.60 Å². The van der Waals surface area contributed by atoms with Crippen molar-refractivity contribution >= 4 is 26.8 Å². The van der Waals surface area contributed by atoms with Crippen LogP contribution in [0.4, 0.5) is 0 Å². The Labute approximate surface area is 238 Å². The van der Waals surface area contributed by atoms with Crippen LogP contribution in [0.3, 0.4) is 0 Å². The standard InChI is InChI=1S/C31H36BrN3O4/c1-19-15-22(16-20(2)33-19)31(36,13-14-35(3)4)28(24-9-8-10-27(37-5)29(24)38-6)25-18-21-17-23(32)11-12-26(21)34-30(25)39-7/h8-12,15-18,28,36H,13-14H2,1-7H3/t28-,31-/m1/s1. The number of nitrogens with zero attached hydrogens (tertiary/aromatic N) is 3. The molecule has 2 aromatic carbocycles. The van der Waals surface area contributed by atoms with E-state index >= 15 is 0 Å². The first-order valence-corrected chi connectivity index (χ1v) is 13.6. The molecule has 39 heavy (non-hydrogen) atoms. The summed E-state index contributed by atoms with van der Waals surface area (Å²) in [6.45, 7) is 4.52. The van der Waals surface area contributed by atoms with Crippen molar-refractivity contribution in [3.05, 3.63) is 87.1 Å². The van der Waals surface area contributed by atoms with Crippen molar-refractivity contribution in [2.45, 2.75) is 31.8 Å². The van der Waals surface area contributed by atoms with Crippen LogP contribution in [0.1, 0.15) is 40.4 Å². The highest BCUT2D eigenvalue weighted by atomic mass is 79.9. The van der Waals surface area contributed by atoms with Crippen LogP contribution in [-0.2, 0) is 5.60 Å². The second-order valence-corrected chi connectivity index (χ2v) is 11.0. The van der Waals surface area contributed by atoms with E-state index in [1.807, 2.05) is 76.5 Å². The van der Waals surface area contributed by atoms with Gasteiger partial charge in [0, 0.05) is 38.9 Å². The molecule has 0 spiro atoms. The fraction of sp³-hybridized carbons (Fsp3) is 0.355. The van der Waals surface area contributed by atoms with Crippen molar-refractivity contribution in [1.82, 2.24) is 14.9 Å². The lowest BCUT2D eigenvalue weighted by Crippen LogP contribution is -2.38. The van der Waals surface area contributed by atoms with E-state index in [4.69, 9.17) is 19.2 Å². The molecular formula is C31H36BrN3O4. The summed E-state index contributed by atoms with van der Waals surface area (Å²) in [7, 11) is 8.84. The molecule has 206 valence electrons. The number of aryl methyl sites for hydroxylation is 2. The average Bonchev–Trinajstić information content (AvgIpc) is 2.90. The maximum atomic E-state index is 13.0. The number of benzene rings is 2. The Morgan fingerprint density at radius 1 is 0.897 bits per heavy atom. The van der Waals surface area contributed by atoms with Crippen LogP contribution >= 0.6 is 15.9 Å². The van der Waals surface area contributed by atoms with Crippen LogP contribution in [-0.4, -0.2) is 61.9 Å². The van der Waals surface area contributed by atoms with Crippen LogP contribution in [0.25, 0.3) is 10.9 Å². The molecule has 7 nitrogen and oxygen atoms in total. The summed E-state index contributed by atoms with van der Waals surface area (Å²) < 4.78 is 18.4. The highest BCUT2D eigenvalue weighted by Gasteiger charge is 2.44. The van der Waals surface area contributed by atoms with Gasteiger partial charge in [-0.3, -0.25) is 4.98 Å². The topological polar surface area (TPSA) is 76.9 Å². The summed E-state index contributed by atoms with van der Waals surface area (Å²) in [5.74, 6) is 0.930. The molecule has 0 aliphatic carbocycles. The van der Waals surface area contributed by atoms with Gasteiger partial charge in [0.15, 0.2) is 11.5 Å². The quantitative estimate of drug-likeness (QED) is 0.241. The van der Waals surface area contributed by atoms with Gasteiger partial charge in [0.05, 0.1) is 32.8 Å². The SMILES string of the molecule is COc1cccc([C@H](c2cc3cc(Br)ccc3nc2OC)[C@@](O)(CCN(C)C)c2cc(C)nc(C)c2)c1OC. The summed E-state index contributed by atoms with van der Waals surface area (Å²) in [5, 5.41) is 14.0. The number of fused-ring (bicyclic) bond motifs is 1. The van der Waals surface area contributed by atoms with Crippen molar-refractivity contribution in [3.8, 4) is 17.4 Å². The van der Waals surface area contributed by atoms with Crippen LogP contribution in [0.2, 0.25) is 0 Å². The molecule has 4 rings (SSSR count). The Balaban J connectivity index is 2.13. The Morgan fingerprint density at radius 3 is 2.23 bits per heavy atom. The Morgan fingerprint density at radius 2 is 1.62 bits per heavy atom. The maximum absolute atomic E-state index is 13.0. The number of rotatable bonds is 10. The van der Waals surface area contributed by atoms with Gasteiger partial charge in [-0.15, -0.1) is 0 Å². The summed E-state index contributed by atoms with van der Waals surface area (Å²) in [4.78, 5) is 11.5. The van der Waals surface area contributed by atoms with Crippen LogP contribution in [0.15, 0.2) is 59.1 Å². The Bertz CT molecular complexity index is 1460. The fourth-order valence-electron chi connectivity index (χ4n) is 5.27. The van der Waals surface area contributed by atoms with Gasteiger partial charge < -0.3 is 24.2 Å². The summed E-state index contributed by atoms with van der Waals surface area (Å²) in [6, 6.07) is 17.6. The number of hydrogen-bond donors (Lipinski definition) is 1. The minimum Gasteiger partial charge on any atom is -0.493 e. The number of para-hydroxylation sites is 1. The van der Waals surface area contributed by atoms with Crippen LogP contribution in [0.5, 0.6) is 17.4 Å². The van der Waals surface area contributed by atoms with Gasteiger partial charge in [0.25, 0.3) is 0 Å². The molecule has 2 atom stereocenters. The molecule has 0 aliphatic heterocycles. The van der Waals surface area contributed by atoms with Crippen molar-refractivity contribution in [2.75, 3.05) is 42.0 Å². The molecule has 1 N–H and O–H groups in total. The summed E-state index contributed by atoms with van der Waals surface area (Å²) >= 11 is 3.59. The summed E-state index contributed by atoms with van der Waals surface area (Å²) in [5.41, 5.74) is 3.33. The normalized spacial score (nSPS) is 13.8. The minimum absolute atomic E-state index is 0.424. The van der Waals surface area contributed by atoms with Crippen LogP contribution < -0.4 is 14.2 Å². The number of halogens is 1. The molecule has 0 saturated carbocycles. The summed E-state index contributed by atoms with van der Waals surface area (Å²) in [6.07, 6.45) is 0.424. The van der Waals surface area contributed by atoms with Gasteiger partial charge in [-0.25, -0.2) is 4.98 Å². The number of pyridine rings is 2. The average molecular weight is 595 g/mol. The highest BCUT2D eigenvalue weighted by Crippen LogP contribution is 2.51. The predicted octanol–water partition coefficient (Wildman–Crippen LogP) is 6.01. The van der Waals surface area contributed by atoms with Crippen molar-refractivity contribution < 1.29 is 19.3 Å². The molecule has 2 heterocycles. The van der Waals surface area contributed by atoms with E-state index in [2.05, 4.69) is 31.9 Å². The van der Waals surface area contributed by atoms with E-state index in [-0.39, 0.29) is 0 Å². The van der Waals surface area contributed by atoms with E-state index in [0.29, 0.717) is 30.3 Å². The third kappa shape index (κ3) is 5.88. The van der Waals surface area contributed by atoms with Gasteiger partial charge >= 0.3 is 0 Å². The molecule has 0 unspecified atom stereocenters. The van der Waals surface area contributed by atoms with Gasteiger partial charge in [0.2, 0.25) is 5.88 Å². The lowest BCUT2D eigenvalue weighted by Gasteiger charge is -2.39. The smallest absolute Gasteiger partial charge is 0.217 e. The molecule has 0 aliphatic rings. The number of hydrogen-bond acceptors (Lipinski definition) is 7. The number of methoxy groups -OCH3 is 3. The highest BCUT2D eigenvalue weighted by molar-refractivity contribution is 9.10. The Hall–Kier alpha value is -3.20. The van der Waals surface area contributed by atoms with Crippen LogP contribution in [0, 0.1) is 13.8 Å². The van der Waals surface area contributed by atoms with Gasteiger partial charge in [-0.05, 0) is 82.4 Å². The van der Waals surface area contributed by atoms with Crippen molar-refractivity contribution in [2.24, 2.45) is 0 Å². The van der Waals surface area contributed by atoms with E-state index in [1.54, 1.807) is 21.3 Å². The lowest BCUT2D eigenvalue weighted by atomic mass is 9.71. The van der Waals surface area contributed by atoms with E-state index < -0.39 is 11.5 Å². The number of aliphatic hydroxyl groups is 1. The fourth-order valence-corrected chi connectivity index (χ4v) is 5.65. The van der Waals surface area contributed by atoms with E-state index in [9.17, 15) is 5.11 Å². The van der Waals surface area contributed by atoms with E-state index in [0.717, 1.165) is 43.5 Å². The van der Waals surface area contributed by atoms with E-state index in [1.165, 1.54) is 0 Å². The zero-order valence-electron chi connectivity index (χ0n) is 23.6. The van der Waals surface area contributed by atoms with Crippen molar-refractivity contribution in [3.63, 3.8) is 0 Å². The molecular weight excluding hydrogens is 558 g/mol. The third-order valence-electron chi connectivity index (χ3n) is 7.02. The molecule has 0 saturated heterocycles. The second kappa shape index (κ2) is 11.9. The first kappa shape index (κ1) is 28.8. The first-order chi connectivity index (χ1) is 18.6. The molecule has 0 fully saturated rings. The van der Waals surface area contributed by atoms with Crippen molar-refractivity contribution in [1.29, 1.82) is 0 Å². The monoisotopic (exact) mass is 593 g/mol. The minimum atomic E-state index is -1.39. The molecule has 0 amide bonds. The first-order valence-electron chi connectivity index (χ1n) is 12.8. The third-order valence-corrected chi connectivity index (χ3v) is 7.51. The predicted molar refractivity (Wildman–Crippen MR) is 158 cm³/mol. The number of ether oxygens (including phenoxy) is 3. The zero-order chi connectivity index (χ0) is 28.3. The molecule has 0 bridgehead atoms. The van der Waals surface area contributed by atoms with Gasteiger partial charge in [-0.2, -0.15) is 0 Å². The van der Waals surface area contributed by atoms with Gasteiger partial charge in [-0.1, -0.05) is 28.1 Å². The largest absolute Gasteiger partial charge is 0.493 e. The number of aromatic nitrogens is 2. The zero-order valence-corrected chi connectivity index (χ0v) is 25.2. The molecule has 4 aromatic rings. The molecule has 2 aromatic heterocycles. The Kier molecular flexibility index (Phi) is 8.79. The lowest BCUT2D eigenvalue weighted by molar-refractivity contribution is 0.00297.